The maximum absolute atomic E-state index is 12.6. The largest absolute Gasteiger partial charge is 0.490 e. The molecule has 1 saturated carbocycles. The molecule has 2 rings (SSSR count). The summed E-state index contributed by atoms with van der Waals surface area (Å²) in [6.07, 6.45) is 6.99. The lowest BCUT2D eigenvalue weighted by Gasteiger charge is -2.46. The van der Waals surface area contributed by atoms with E-state index < -0.39 is 5.60 Å². The van der Waals surface area contributed by atoms with Crippen LogP contribution in [0.4, 0.5) is 0 Å². The van der Waals surface area contributed by atoms with Crippen LogP contribution in [-0.4, -0.2) is 24.8 Å². The van der Waals surface area contributed by atoms with Crippen molar-refractivity contribution >= 4 is 34.6 Å². The molecule has 0 amide bonds. The molecule has 27 heavy (non-hydrogen) atoms. The van der Waals surface area contributed by atoms with E-state index in [1.54, 1.807) is 6.08 Å². The van der Waals surface area contributed by atoms with Crippen LogP contribution in [0.5, 0.6) is 11.5 Å². The van der Waals surface area contributed by atoms with Crippen LogP contribution in [-0.2, 0) is 9.53 Å². The Morgan fingerprint density at radius 3 is 2.44 bits per heavy atom. The van der Waals surface area contributed by atoms with Gasteiger partial charge in [-0.1, -0.05) is 39.8 Å². The van der Waals surface area contributed by atoms with Gasteiger partial charge < -0.3 is 14.2 Å². The zero-order chi connectivity index (χ0) is 20.1. The number of rotatable bonds is 7. The second-order valence-electron chi connectivity index (χ2n) is 8.03. The van der Waals surface area contributed by atoms with Crippen molar-refractivity contribution in [3.05, 3.63) is 27.8 Å². The van der Waals surface area contributed by atoms with E-state index in [1.807, 2.05) is 19.1 Å². The van der Waals surface area contributed by atoms with Crippen LogP contribution in [0.15, 0.2) is 18.7 Å². The maximum atomic E-state index is 12.6. The van der Waals surface area contributed by atoms with Gasteiger partial charge in [-0.05, 0) is 72.9 Å². The average Bonchev–Trinajstić information content (AvgIpc) is 2.61. The summed E-state index contributed by atoms with van der Waals surface area (Å²) >= 11 is 2.19. The summed E-state index contributed by atoms with van der Waals surface area (Å²) in [5, 5.41) is 0. The Morgan fingerprint density at radius 1 is 1.22 bits per heavy atom. The number of benzene rings is 1. The van der Waals surface area contributed by atoms with Gasteiger partial charge >= 0.3 is 5.97 Å². The Balaban J connectivity index is 2.12. The fourth-order valence-corrected chi connectivity index (χ4v) is 4.40. The molecule has 1 aliphatic carbocycles. The van der Waals surface area contributed by atoms with E-state index in [4.69, 9.17) is 14.2 Å². The summed E-state index contributed by atoms with van der Waals surface area (Å²) < 4.78 is 18.4. The fourth-order valence-electron chi connectivity index (χ4n) is 3.62. The highest BCUT2D eigenvalue weighted by Gasteiger charge is 2.46. The van der Waals surface area contributed by atoms with Crippen molar-refractivity contribution in [3.63, 3.8) is 0 Å². The number of hydrogen-bond donors (Lipinski definition) is 0. The summed E-state index contributed by atoms with van der Waals surface area (Å²) in [5.74, 6) is 0.877. The van der Waals surface area contributed by atoms with Crippen LogP contribution >= 0.6 is 22.6 Å². The molecule has 0 atom stereocenters. The molecule has 0 radical (unpaired) electrons. The zero-order valence-electron chi connectivity index (χ0n) is 16.9. The molecule has 1 aromatic rings. The normalized spacial score (nSPS) is 16.5. The molecule has 1 aromatic carbocycles. The van der Waals surface area contributed by atoms with Crippen LogP contribution in [0.1, 0.15) is 65.4 Å². The first-order chi connectivity index (χ1) is 12.7. The Bertz CT molecular complexity index is 670. The smallest absolute Gasteiger partial charge is 0.344 e. The predicted octanol–water partition coefficient (Wildman–Crippen LogP) is 6.00. The lowest BCUT2D eigenvalue weighted by Crippen LogP contribution is -2.49. The summed E-state index contributed by atoms with van der Waals surface area (Å²) in [6, 6.07) is 3.83. The van der Waals surface area contributed by atoms with Gasteiger partial charge in [0.2, 0.25) is 0 Å². The van der Waals surface area contributed by atoms with E-state index in [0.717, 1.165) is 34.8 Å². The van der Waals surface area contributed by atoms with Gasteiger partial charge in [0.15, 0.2) is 18.1 Å². The Kier molecular flexibility index (Phi) is 7.60. The van der Waals surface area contributed by atoms with Crippen LogP contribution in [0, 0.1) is 8.99 Å². The standard InChI is InChI=1S/C22H31IO4/c1-6-16-13-17(23)20(18(14-16)25-7-2)26-15-19(24)27-22(21(3,4)5)11-9-8-10-12-22/h6,13-14H,1,7-12,15H2,2-5H3. The number of halogens is 1. The lowest BCUT2D eigenvalue weighted by molar-refractivity contribution is -0.182. The second kappa shape index (κ2) is 9.30. The van der Waals surface area contributed by atoms with Gasteiger partial charge in [-0.15, -0.1) is 0 Å². The number of ether oxygens (including phenoxy) is 3. The first kappa shape index (κ1) is 22.1. The van der Waals surface area contributed by atoms with Gasteiger partial charge in [-0.3, -0.25) is 0 Å². The maximum Gasteiger partial charge on any atom is 0.344 e. The van der Waals surface area contributed by atoms with Crippen molar-refractivity contribution in [1.82, 2.24) is 0 Å². The Hall–Kier alpha value is -1.24. The molecule has 0 aromatic heterocycles. The predicted molar refractivity (Wildman–Crippen MR) is 117 cm³/mol. The van der Waals surface area contributed by atoms with Gasteiger partial charge in [0, 0.05) is 5.41 Å². The minimum absolute atomic E-state index is 0.0976. The van der Waals surface area contributed by atoms with Crippen LogP contribution in [0.25, 0.3) is 6.08 Å². The van der Waals surface area contributed by atoms with Gasteiger partial charge in [-0.2, -0.15) is 0 Å². The number of carbonyl (C=O) groups is 1. The molecule has 4 nitrogen and oxygen atoms in total. The van der Waals surface area contributed by atoms with E-state index in [2.05, 4.69) is 49.9 Å². The van der Waals surface area contributed by atoms with Crippen LogP contribution in [0.3, 0.4) is 0 Å². The van der Waals surface area contributed by atoms with Gasteiger partial charge in [-0.25, -0.2) is 4.79 Å². The molecule has 0 N–H and O–H groups in total. The molecule has 1 aliphatic rings. The van der Waals surface area contributed by atoms with Gasteiger partial charge in [0.05, 0.1) is 10.2 Å². The highest BCUT2D eigenvalue weighted by molar-refractivity contribution is 14.1. The first-order valence-electron chi connectivity index (χ1n) is 9.66. The van der Waals surface area contributed by atoms with Crippen LogP contribution < -0.4 is 9.47 Å². The van der Waals surface area contributed by atoms with E-state index >= 15 is 0 Å². The topological polar surface area (TPSA) is 44.8 Å². The molecule has 5 heteroatoms. The molecule has 0 aliphatic heterocycles. The highest BCUT2D eigenvalue weighted by Crippen LogP contribution is 2.45. The minimum Gasteiger partial charge on any atom is -0.490 e. The van der Waals surface area contributed by atoms with E-state index in [1.165, 1.54) is 6.42 Å². The second-order valence-corrected chi connectivity index (χ2v) is 9.20. The summed E-state index contributed by atoms with van der Waals surface area (Å²) in [6.45, 7) is 12.6. The summed E-state index contributed by atoms with van der Waals surface area (Å²) in [5.41, 5.74) is 0.445. The van der Waals surface area contributed by atoms with Crippen LogP contribution in [0.2, 0.25) is 0 Å². The molecule has 0 bridgehead atoms. The fraction of sp³-hybridized carbons (Fsp3) is 0.591. The highest BCUT2D eigenvalue weighted by atomic mass is 127. The molecular weight excluding hydrogens is 455 g/mol. The van der Waals surface area contributed by atoms with Crippen molar-refractivity contribution < 1.29 is 19.0 Å². The molecular formula is C22H31IO4. The summed E-state index contributed by atoms with van der Waals surface area (Å²) in [7, 11) is 0. The molecule has 0 unspecified atom stereocenters. The lowest BCUT2D eigenvalue weighted by atomic mass is 9.68. The van der Waals surface area contributed by atoms with Crippen molar-refractivity contribution in [2.24, 2.45) is 5.41 Å². The Labute approximate surface area is 176 Å². The van der Waals surface area contributed by atoms with E-state index in [0.29, 0.717) is 18.1 Å². The zero-order valence-corrected chi connectivity index (χ0v) is 19.1. The monoisotopic (exact) mass is 486 g/mol. The summed E-state index contributed by atoms with van der Waals surface area (Å²) in [4.78, 5) is 12.6. The number of esters is 1. The van der Waals surface area contributed by atoms with E-state index in [9.17, 15) is 4.79 Å². The van der Waals surface area contributed by atoms with Gasteiger partial charge in [0.1, 0.15) is 5.60 Å². The minimum atomic E-state index is -0.408. The average molecular weight is 486 g/mol. The molecule has 0 heterocycles. The molecule has 150 valence electrons. The van der Waals surface area contributed by atoms with Gasteiger partial charge in [0.25, 0.3) is 0 Å². The molecule has 0 saturated heterocycles. The number of carbonyl (C=O) groups excluding carboxylic acids is 1. The van der Waals surface area contributed by atoms with Crippen molar-refractivity contribution in [1.29, 1.82) is 0 Å². The first-order valence-corrected chi connectivity index (χ1v) is 10.7. The van der Waals surface area contributed by atoms with Crippen molar-refractivity contribution in [3.8, 4) is 11.5 Å². The molecule has 1 fully saturated rings. The third kappa shape index (κ3) is 5.39. The Morgan fingerprint density at radius 2 is 1.89 bits per heavy atom. The quantitative estimate of drug-likeness (QED) is 0.350. The third-order valence-corrected chi connectivity index (χ3v) is 6.04. The van der Waals surface area contributed by atoms with E-state index in [-0.39, 0.29) is 18.0 Å². The van der Waals surface area contributed by atoms with Crippen molar-refractivity contribution in [2.75, 3.05) is 13.2 Å². The third-order valence-electron chi connectivity index (χ3n) is 5.24. The van der Waals surface area contributed by atoms with Crippen molar-refractivity contribution in [2.45, 2.75) is 65.4 Å². The number of hydrogen-bond acceptors (Lipinski definition) is 4. The molecule has 0 spiro atoms. The SMILES string of the molecule is C=Cc1cc(I)c(OCC(=O)OC2(C(C)(C)C)CCCCC2)c(OCC)c1.